The van der Waals surface area contributed by atoms with E-state index >= 15 is 0 Å². The molecule has 434 valence electrons. The zero-order valence-corrected chi connectivity index (χ0v) is 44.6. The molecule has 3 heterocycles. The number of aliphatic carboxylic acids is 1. The first-order chi connectivity index (χ1) is 35.5. The van der Waals surface area contributed by atoms with Gasteiger partial charge in [0, 0.05) is 11.0 Å². The van der Waals surface area contributed by atoms with Crippen molar-refractivity contribution in [2.75, 3.05) is 26.4 Å². The van der Waals surface area contributed by atoms with Gasteiger partial charge in [0.15, 0.2) is 25.0 Å². The van der Waals surface area contributed by atoms with Gasteiger partial charge in [0.1, 0.15) is 73.2 Å². The molecular weight excluding hydrogens is 1000 g/mol. The number of ether oxygens (including phenoxy) is 7. The van der Waals surface area contributed by atoms with Crippen LogP contribution in [0.3, 0.4) is 0 Å². The molecule has 14 N–H and O–H groups in total. The number of fused-ring (bicyclic) bond motifs is 7. The molecule has 23 nitrogen and oxygen atoms in total. The predicted octanol–water partition coefficient (Wildman–Crippen LogP) is -1.89. The predicted molar refractivity (Wildman–Crippen MR) is 259 cm³/mol. The first-order valence-electron chi connectivity index (χ1n) is 26.8. The van der Waals surface area contributed by atoms with Crippen LogP contribution < -0.4 is 0 Å². The number of carboxylic acid groups (broad SMARTS) is 1. The molecule has 27 atom stereocenters. The normalized spacial score (nSPS) is 52.3. The zero-order chi connectivity index (χ0) is 56.2. The van der Waals surface area contributed by atoms with Crippen LogP contribution in [0.1, 0.15) is 100 Å². The van der Waals surface area contributed by atoms with E-state index in [2.05, 4.69) is 26.8 Å². The van der Waals surface area contributed by atoms with Gasteiger partial charge in [-0.1, -0.05) is 59.3 Å². The number of allylic oxidation sites excluding steroid dienone is 3. The minimum atomic E-state index is -2.17. The van der Waals surface area contributed by atoms with Crippen LogP contribution in [0.5, 0.6) is 0 Å². The van der Waals surface area contributed by atoms with Crippen molar-refractivity contribution in [2.45, 2.75) is 217 Å². The van der Waals surface area contributed by atoms with Gasteiger partial charge in [0.2, 0.25) is 0 Å². The topological polar surface area (TPSA) is 382 Å². The lowest BCUT2D eigenvalue weighted by atomic mass is 9.33. The van der Waals surface area contributed by atoms with E-state index < -0.39 is 193 Å². The smallest absolute Gasteiger partial charge is 0.335 e. The quantitative estimate of drug-likeness (QED) is 0.0415. The summed E-state index contributed by atoms with van der Waals surface area (Å²) < 4.78 is 42.0. The third-order valence-electron chi connectivity index (χ3n) is 20.8. The van der Waals surface area contributed by atoms with Crippen LogP contribution >= 0.6 is 0 Å². The molecule has 8 aliphatic rings. The van der Waals surface area contributed by atoms with Gasteiger partial charge in [0.05, 0.1) is 50.2 Å². The van der Waals surface area contributed by atoms with Gasteiger partial charge in [-0.2, -0.15) is 0 Å². The minimum absolute atomic E-state index is 0.0620. The molecule has 8 rings (SSSR count). The number of aliphatic hydroxyl groups excluding tert-OH is 13. The lowest BCUT2D eigenvalue weighted by molar-refractivity contribution is -0.392. The Balaban J connectivity index is 1.11. The van der Waals surface area contributed by atoms with E-state index in [1.807, 2.05) is 20.8 Å². The number of rotatable bonds is 13. The summed E-state index contributed by atoms with van der Waals surface area (Å²) in [5, 5.41) is 154. The summed E-state index contributed by atoms with van der Waals surface area (Å²) in [4.78, 5) is 26.5. The summed E-state index contributed by atoms with van der Waals surface area (Å²) in [6.07, 6.45) is -26.4. The molecule has 0 aromatic rings. The number of aliphatic hydroxyl groups is 13. The van der Waals surface area contributed by atoms with Crippen molar-refractivity contribution in [1.82, 2.24) is 0 Å². The van der Waals surface area contributed by atoms with Gasteiger partial charge in [-0.05, 0) is 98.2 Å². The second kappa shape index (κ2) is 21.5. The second-order valence-electron chi connectivity index (χ2n) is 24.9. The van der Waals surface area contributed by atoms with E-state index in [9.17, 15) is 81.1 Å². The highest BCUT2D eigenvalue weighted by Crippen LogP contribution is 2.76. The van der Waals surface area contributed by atoms with Gasteiger partial charge in [-0.15, -0.1) is 0 Å². The molecule has 0 spiro atoms. The summed E-state index contributed by atoms with van der Waals surface area (Å²) in [5.41, 5.74) is -3.64. The molecule has 3 saturated heterocycles. The van der Waals surface area contributed by atoms with Crippen LogP contribution in [0.25, 0.3) is 0 Å². The third-order valence-corrected chi connectivity index (χ3v) is 20.8. The molecule has 27 unspecified atom stereocenters. The van der Waals surface area contributed by atoms with Crippen molar-refractivity contribution in [1.29, 1.82) is 0 Å². The van der Waals surface area contributed by atoms with Gasteiger partial charge < -0.3 is 105 Å². The van der Waals surface area contributed by atoms with E-state index in [0.717, 1.165) is 5.57 Å². The van der Waals surface area contributed by atoms with E-state index in [1.165, 1.54) is 0 Å². The number of hydrogen-bond acceptors (Lipinski definition) is 22. The van der Waals surface area contributed by atoms with Crippen LogP contribution in [0.4, 0.5) is 0 Å². The molecule has 0 aromatic carbocycles. The van der Waals surface area contributed by atoms with Crippen LogP contribution in [-0.4, -0.2) is 226 Å². The molecule has 7 fully saturated rings. The number of hydrogen-bond donors (Lipinski definition) is 14. The summed E-state index contributed by atoms with van der Waals surface area (Å²) in [5.74, 6) is -3.19. The van der Waals surface area contributed by atoms with Crippen LogP contribution in [-0.2, 0) is 42.7 Å². The summed E-state index contributed by atoms with van der Waals surface area (Å²) in [7, 11) is 0. The van der Waals surface area contributed by atoms with Crippen molar-refractivity contribution in [3.05, 3.63) is 23.3 Å². The highest BCUT2D eigenvalue weighted by molar-refractivity contribution is 5.87. The maximum atomic E-state index is 13.4. The number of esters is 1. The summed E-state index contributed by atoms with van der Waals surface area (Å²) in [6.45, 7) is 12.9. The Hall–Kier alpha value is -2.34. The molecule has 0 radical (unpaired) electrons. The van der Waals surface area contributed by atoms with Crippen LogP contribution in [0.2, 0.25) is 0 Å². The summed E-state index contributed by atoms with van der Waals surface area (Å²) in [6, 6.07) is 0. The number of carbonyl (C=O) groups excluding carboxylic acids is 1. The van der Waals surface area contributed by atoms with Crippen molar-refractivity contribution < 1.29 is 114 Å². The fraction of sp³-hybridized carbons (Fsp3) is 0.887. The van der Waals surface area contributed by atoms with Crippen molar-refractivity contribution in [3.63, 3.8) is 0 Å². The van der Waals surface area contributed by atoms with Crippen molar-refractivity contribution in [3.8, 4) is 0 Å². The Kier molecular flexibility index (Phi) is 16.9. The largest absolute Gasteiger partial charge is 0.479 e. The average Bonchev–Trinajstić information content (AvgIpc) is 3.41. The fourth-order valence-corrected chi connectivity index (χ4v) is 15.9. The fourth-order valence-electron chi connectivity index (χ4n) is 15.9. The maximum absolute atomic E-state index is 13.4. The Bertz CT molecular complexity index is 2170. The number of carbonyl (C=O) groups is 2. The van der Waals surface area contributed by atoms with Crippen LogP contribution in [0.15, 0.2) is 23.3 Å². The van der Waals surface area contributed by atoms with E-state index in [1.54, 1.807) is 19.9 Å². The SMILES string of the molecule is CC=C(C)C(=O)OC1C(O)C(C)(C)CC2C3=CCC4C5(C)CCC(OC6OC(C(=O)O)C(OC7OC(CO)C(O)C(O)C7O)C(O)C6OC6OC(CO)C(O)C(O)C6O)C(C)(CO)C5CCC4(C)C3(C)CC(O)C21CO. The molecule has 0 amide bonds. The van der Waals surface area contributed by atoms with E-state index in [4.69, 9.17) is 33.2 Å². The Labute approximate surface area is 442 Å². The molecule has 0 aromatic heterocycles. The molecule has 5 aliphatic carbocycles. The Morgan fingerprint density at radius 2 is 1.26 bits per heavy atom. The number of carboxylic acids is 1. The Morgan fingerprint density at radius 3 is 1.79 bits per heavy atom. The van der Waals surface area contributed by atoms with Gasteiger partial charge >= 0.3 is 11.9 Å². The van der Waals surface area contributed by atoms with Gasteiger partial charge in [-0.25, -0.2) is 9.59 Å². The molecule has 4 saturated carbocycles. The van der Waals surface area contributed by atoms with Crippen molar-refractivity contribution in [2.24, 2.45) is 50.2 Å². The van der Waals surface area contributed by atoms with Gasteiger partial charge in [-0.3, -0.25) is 0 Å². The van der Waals surface area contributed by atoms with Crippen molar-refractivity contribution >= 4 is 11.9 Å². The zero-order valence-electron chi connectivity index (χ0n) is 44.6. The monoisotopic (exact) mass is 1090 g/mol. The van der Waals surface area contributed by atoms with Gasteiger partial charge in [0.25, 0.3) is 0 Å². The maximum Gasteiger partial charge on any atom is 0.335 e. The minimum Gasteiger partial charge on any atom is -0.479 e. The highest BCUT2D eigenvalue weighted by Gasteiger charge is 2.74. The van der Waals surface area contributed by atoms with E-state index in [-0.39, 0.29) is 24.7 Å². The molecule has 3 aliphatic heterocycles. The molecule has 23 heteroatoms. The van der Waals surface area contributed by atoms with Crippen LogP contribution in [0, 0.1) is 50.2 Å². The first-order valence-corrected chi connectivity index (χ1v) is 26.8. The standard InChI is InChI=1S/C53H84O23/c1-9-22(2)44(69)76-42-41(66)48(3,4)16-24-23-10-11-28-49(5)14-13-30(50(6,20-56)27(49)12-15-51(28,7)52(23,8)17-29(58)53(24,42)21-57)72-47-39(74-46-36(64)34(62)32(60)26(19-55)71-46)37(65)38(40(75-47)43(67)68)73-45-35(63)33(61)31(59)25(18-54)70-45/h9-10,24-42,45-47,54-66H,11-21H2,1-8H3,(H,67,68). The lowest BCUT2D eigenvalue weighted by Gasteiger charge is -2.72. The highest BCUT2D eigenvalue weighted by atomic mass is 16.8. The molecule has 76 heavy (non-hydrogen) atoms. The second-order valence-corrected chi connectivity index (χ2v) is 24.9. The summed E-state index contributed by atoms with van der Waals surface area (Å²) >= 11 is 0. The first kappa shape index (κ1) is 59.8. The lowest BCUT2D eigenvalue weighted by Crippen LogP contribution is -2.72. The average molecular weight is 1090 g/mol. The van der Waals surface area contributed by atoms with E-state index in [0.29, 0.717) is 37.7 Å². The Morgan fingerprint density at radius 1 is 0.684 bits per heavy atom. The molecular formula is C53H84O23. The molecule has 0 bridgehead atoms. The third kappa shape index (κ3) is 9.16.